The summed E-state index contributed by atoms with van der Waals surface area (Å²) in [5.74, 6) is 0.586. The maximum Gasteiger partial charge on any atom is 0.122 e. The summed E-state index contributed by atoms with van der Waals surface area (Å²) in [5.41, 5.74) is -0.279. The Kier molecular flexibility index (Phi) is 4.42. The molecule has 1 unspecified atom stereocenters. The Morgan fingerprint density at radius 3 is 2.24 bits per heavy atom. The van der Waals surface area contributed by atoms with Gasteiger partial charge in [-0.1, -0.05) is 19.3 Å². The van der Waals surface area contributed by atoms with Crippen molar-refractivity contribution in [1.82, 2.24) is 10.2 Å². The van der Waals surface area contributed by atoms with E-state index in [1.54, 1.807) is 0 Å². The Morgan fingerprint density at radius 2 is 1.76 bits per heavy atom. The third-order valence-corrected chi connectivity index (χ3v) is 4.34. The Balaban J connectivity index is 1.94. The van der Waals surface area contributed by atoms with Gasteiger partial charge in [0.2, 0.25) is 0 Å². The highest BCUT2D eigenvalue weighted by atomic mass is 15.2. The fourth-order valence-corrected chi connectivity index (χ4v) is 2.99. The van der Waals surface area contributed by atoms with Gasteiger partial charge in [0.1, 0.15) is 5.54 Å². The number of hydrogen-bond acceptors (Lipinski definition) is 3. The summed E-state index contributed by atoms with van der Waals surface area (Å²) in [5, 5.41) is 12.8. The zero-order chi connectivity index (χ0) is 12.1. The van der Waals surface area contributed by atoms with Gasteiger partial charge in [0.05, 0.1) is 6.07 Å². The van der Waals surface area contributed by atoms with Crippen molar-refractivity contribution in [3.05, 3.63) is 0 Å². The van der Waals surface area contributed by atoms with Crippen LogP contribution in [-0.2, 0) is 0 Å². The quantitative estimate of drug-likeness (QED) is 0.811. The molecule has 1 saturated carbocycles. The maximum absolute atomic E-state index is 9.50. The topological polar surface area (TPSA) is 39.1 Å². The molecule has 1 saturated heterocycles. The number of likely N-dealkylation sites (tertiary alicyclic amines) is 1. The molecular weight excluding hydrogens is 210 g/mol. The second kappa shape index (κ2) is 5.84. The van der Waals surface area contributed by atoms with Gasteiger partial charge in [-0.2, -0.15) is 5.26 Å². The SMILES string of the molecule is CNC(C#N)(CN1CCCCCCC1)C1CC1. The molecule has 0 aromatic heterocycles. The minimum Gasteiger partial charge on any atom is -0.301 e. The second-order valence-electron chi connectivity index (χ2n) is 5.65. The van der Waals surface area contributed by atoms with Gasteiger partial charge in [-0.25, -0.2) is 0 Å². The lowest BCUT2D eigenvalue weighted by atomic mass is 9.93. The highest BCUT2D eigenvalue weighted by Crippen LogP contribution is 2.39. The van der Waals surface area contributed by atoms with E-state index in [1.807, 2.05) is 7.05 Å². The Bertz CT molecular complexity index is 272. The summed E-state index contributed by atoms with van der Waals surface area (Å²) in [7, 11) is 1.95. The molecule has 0 amide bonds. The van der Waals surface area contributed by atoms with Crippen molar-refractivity contribution >= 4 is 0 Å². The number of nitriles is 1. The number of rotatable bonds is 4. The maximum atomic E-state index is 9.50. The molecule has 0 radical (unpaired) electrons. The van der Waals surface area contributed by atoms with Crippen LogP contribution in [0.25, 0.3) is 0 Å². The molecule has 0 aromatic carbocycles. The monoisotopic (exact) mass is 235 g/mol. The first-order valence-corrected chi connectivity index (χ1v) is 7.13. The summed E-state index contributed by atoms with van der Waals surface area (Å²) < 4.78 is 0. The van der Waals surface area contributed by atoms with E-state index in [2.05, 4.69) is 16.3 Å². The molecule has 0 bridgehead atoms. The average Bonchev–Trinajstić information content (AvgIpc) is 3.13. The summed E-state index contributed by atoms with van der Waals surface area (Å²) in [4.78, 5) is 2.51. The number of nitrogens with zero attached hydrogens (tertiary/aromatic N) is 2. The van der Waals surface area contributed by atoms with E-state index < -0.39 is 0 Å². The van der Waals surface area contributed by atoms with Crippen molar-refractivity contribution < 1.29 is 0 Å². The van der Waals surface area contributed by atoms with Crippen molar-refractivity contribution in [2.24, 2.45) is 5.92 Å². The molecule has 0 aromatic rings. The van der Waals surface area contributed by atoms with Crippen LogP contribution in [0, 0.1) is 17.2 Å². The smallest absolute Gasteiger partial charge is 0.122 e. The van der Waals surface area contributed by atoms with Crippen LogP contribution in [0.1, 0.15) is 44.9 Å². The standard InChI is InChI=1S/C14H25N3/c1-16-14(11-15,13-7-8-13)12-17-9-5-3-2-4-6-10-17/h13,16H,2-10,12H2,1H3. The van der Waals surface area contributed by atoms with E-state index in [0.717, 1.165) is 6.54 Å². The normalized spacial score (nSPS) is 26.6. The van der Waals surface area contributed by atoms with Gasteiger partial charge >= 0.3 is 0 Å². The zero-order valence-electron chi connectivity index (χ0n) is 11.0. The predicted octanol–water partition coefficient (Wildman–Crippen LogP) is 2.14. The minimum absolute atomic E-state index is 0.279. The first-order chi connectivity index (χ1) is 8.30. The molecule has 17 heavy (non-hydrogen) atoms. The Labute approximate surface area is 105 Å². The summed E-state index contributed by atoms with van der Waals surface area (Å²) >= 11 is 0. The molecule has 0 spiro atoms. The number of hydrogen-bond donors (Lipinski definition) is 1. The molecule has 2 rings (SSSR count). The lowest BCUT2D eigenvalue weighted by Gasteiger charge is -2.34. The van der Waals surface area contributed by atoms with Crippen LogP contribution in [0.4, 0.5) is 0 Å². The van der Waals surface area contributed by atoms with Gasteiger partial charge in [0, 0.05) is 6.54 Å². The van der Waals surface area contributed by atoms with Gasteiger partial charge in [-0.15, -0.1) is 0 Å². The van der Waals surface area contributed by atoms with Crippen LogP contribution in [-0.4, -0.2) is 37.1 Å². The van der Waals surface area contributed by atoms with Crippen LogP contribution in [0.2, 0.25) is 0 Å². The Morgan fingerprint density at radius 1 is 1.18 bits per heavy atom. The fourth-order valence-electron chi connectivity index (χ4n) is 2.99. The van der Waals surface area contributed by atoms with Crippen molar-refractivity contribution in [2.75, 3.05) is 26.7 Å². The van der Waals surface area contributed by atoms with Gasteiger partial charge in [-0.3, -0.25) is 0 Å². The number of nitrogens with one attached hydrogen (secondary N) is 1. The van der Waals surface area contributed by atoms with E-state index in [4.69, 9.17) is 0 Å². The molecule has 1 aliphatic heterocycles. The van der Waals surface area contributed by atoms with E-state index in [-0.39, 0.29) is 5.54 Å². The zero-order valence-corrected chi connectivity index (χ0v) is 11.0. The Hall–Kier alpha value is -0.590. The lowest BCUT2D eigenvalue weighted by molar-refractivity contribution is 0.187. The van der Waals surface area contributed by atoms with E-state index >= 15 is 0 Å². The summed E-state index contributed by atoms with van der Waals surface area (Å²) in [6.45, 7) is 3.28. The van der Waals surface area contributed by atoms with Crippen molar-refractivity contribution in [3.63, 3.8) is 0 Å². The molecule has 2 aliphatic rings. The van der Waals surface area contributed by atoms with E-state index in [0.29, 0.717) is 5.92 Å². The van der Waals surface area contributed by atoms with Gasteiger partial charge < -0.3 is 10.2 Å². The number of likely N-dealkylation sites (N-methyl/N-ethyl adjacent to an activating group) is 1. The third kappa shape index (κ3) is 3.20. The molecule has 3 nitrogen and oxygen atoms in total. The van der Waals surface area contributed by atoms with E-state index in [1.165, 1.54) is 58.0 Å². The largest absolute Gasteiger partial charge is 0.301 e. The van der Waals surface area contributed by atoms with Gasteiger partial charge in [-0.05, 0) is 51.7 Å². The third-order valence-electron chi connectivity index (χ3n) is 4.34. The summed E-state index contributed by atoms with van der Waals surface area (Å²) in [6, 6.07) is 2.56. The van der Waals surface area contributed by atoms with Crippen LogP contribution in [0.5, 0.6) is 0 Å². The van der Waals surface area contributed by atoms with Crippen molar-refractivity contribution in [3.8, 4) is 6.07 Å². The molecule has 1 atom stereocenters. The lowest BCUT2D eigenvalue weighted by Crippen LogP contribution is -2.53. The first kappa shape index (κ1) is 12.9. The fraction of sp³-hybridized carbons (Fsp3) is 0.929. The molecule has 1 heterocycles. The predicted molar refractivity (Wildman–Crippen MR) is 69.7 cm³/mol. The van der Waals surface area contributed by atoms with Gasteiger partial charge in [0.15, 0.2) is 0 Å². The van der Waals surface area contributed by atoms with Crippen LogP contribution in [0.15, 0.2) is 0 Å². The van der Waals surface area contributed by atoms with Crippen LogP contribution < -0.4 is 5.32 Å². The minimum atomic E-state index is -0.279. The van der Waals surface area contributed by atoms with Crippen molar-refractivity contribution in [2.45, 2.75) is 50.5 Å². The molecule has 2 fully saturated rings. The molecule has 96 valence electrons. The molecule has 1 aliphatic carbocycles. The molecular formula is C14H25N3. The van der Waals surface area contributed by atoms with Crippen LogP contribution >= 0.6 is 0 Å². The van der Waals surface area contributed by atoms with E-state index in [9.17, 15) is 5.26 Å². The average molecular weight is 235 g/mol. The molecule has 3 heteroatoms. The van der Waals surface area contributed by atoms with Gasteiger partial charge in [0.25, 0.3) is 0 Å². The molecule has 1 N–H and O–H groups in total. The first-order valence-electron chi connectivity index (χ1n) is 7.13. The highest BCUT2D eigenvalue weighted by Gasteiger charge is 2.45. The second-order valence-corrected chi connectivity index (χ2v) is 5.65. The van der Waals surface area contributed by atoms with Crippen LogP contribution in [0.3, 0.4) is 0 Å². The van der Waals surface area contributed by atoms with Crippen molar-refractivity contribution in [1.29, 1.82) is 5.26 Å². The summed E-state index contributed by atoms with van der Waals surface area (Å²) in [6.07, 6.45) is 9.17. The highest BCUT2D eigenvalue weighted by molar-refractivity contribution is 5.16.